The number of hydrogen-bond donors (Lipinski definition) is 1. The predicted octanol–water partition coefficient (Wildman–Crippen LogP) is 3.04. The summed E-state index contributed by atoms with van der Waals surface area (Å²) in [6, 6.07) is 17.1. The monoisotopic (exact) mass is 284 g/mol. The molecule has 0 atom stereocenters. The van der Waals surface area contributed by atoms with Gasteiger partial charge in [0.15, 0.2) is 0 Å². The molecule has 0 aliphatic heterocycles. The maximum absolute atomic E-state index is 11.8. The van der Waals surface area contributed by atoms with Crippen LogP contribution in [0.15, 0.2) is 54.6 Å². The average molecular weight is 284 g/mol. The maximum atomic E-state index is 11.8. The number of para-hydroxylation sites is 1. The Bertz CT molecular complexity index is 582. The number of hydrogen-bond acceptors (Lipinski definition) is 3. The highest BCUT2D eigenvalue weighted by atomic mass is 16.5. The third-order valence-corrected chi connectivity index (χ3v) is 2.98. The third kappa shape index (κ3) is 4.93. The average Bonchev–Trinajstić information content (AvgIpc) is 2.47. The van der Waals surface area contributed by atoms with Gasteiger partial charge >= 0.3 is 6.09 Å². The number of amides is 1. The Labute approximate surface area is 125 Å². The topological polar surface area (TPSA) is 41.6 Å². The molecule has 2 rings (SSSR count). The Morgan fingerprint density at radius 3 is 2.29 bits per heavy atom. The van der Waals surface area contributed by atoms with E-state index in [1.54, 1.807) is 12.1 Å². The molecule has 110 valence electrons. The summed E-state index contributed by atoms with van der Waals surface area (Å²) in [6.07, 6.45) is -0.444. The van der Waals surface area contributed by atoms with Crippen molar-refractivity contribution in [3.8, 4) is 5.75 Å². The molecule has 0 saturated heterocycles. The van der Waals surface area contributed by atoms with Crippen LogP contribution in [0.1, 0.15) is 11.1 Å². The van der Waals surface area contributed by atoms with E-state index in [1.807, 2.05) is 50.5 Å². The fourth-order valence-electron chi connectivity index (χ4n) is 2.02. The zero-order valence-corrected chi connectivity index (χ0v) is 12.4. The minimum Gasteiger partial charge on any atom is -0.410 e. The molecular formula is C17H20N2O2. The van der Waals surface area contributed by atoms with Gasteiger partial charge in [-0.15, -0.1) is 0 Å². The molecule has 21 heavy (non-hydrogen) atoms. The van der Waals surface area contributed by atoms with Gasteiger partial charge in [0.05, 0.1) is 0 Å². The number of nitrogens with one attached hydrogen (secondary N) is 1. The van der Waals surface area contributed by atoms with Crippen LogP contribution in [-0.4, -0.2) is 25.1 Å². The molecule has 0 heterocycles. The molecule has 0 aromatic heterocycles. The fraction of sp³-hybridized carbons (Fsp3) is 0.235. The summed E-state index contributed by atoms with van der Waals surface area (Å²) in [5.74, 6) is 0.538. The van der Waals surface area contributed by atoms with Crippen molar-refractivity contribution in [3.05, 3.63) is 65.7 Å². The normalized spacial score (nSPS) is 10.4. The Morgan fingerprint density at radius 1 is 1.00 bits per heavy atom. The van der Waals surface area contributed by atoms with E-state index in [9.17, 15) is 4.79 Å². The molecule has 4 nitrogen and oxygen atoms in total. The highest BCUT2D eigenvalue weighted by molar-refractivity contribution is 5.70. The zero-order valence-electron chi connectivity index (χ0n) is 12.4. The van der Waals surface area contributed by atoms with Crippen molar-refractivity contribution in [1.29, 1.82) is 0 Å². The SMILES string of the molecule is CN(C)Cc1ccccc1CNC(=O)Oc1ccccc1. The van der Waals surface area contributed by atoms with Gasteiger partial charge in [-0.2, -0.15) is 0 Å². The number of carbonyl (C=O) groups is 1. The molecule has 0 spiro atoms. The lowest BCUT2D eigenvalue weighted by atomic mass is 10.1. The maximum Gasteiger partial charge on any atom is 0.412 e. The molecule has 0 aliphatic carbocycles. The summed E-state index contributed by atoms with van der Waals surface area (Å²) in [7, 11) is 4.04. The first-order chi connectivity index (χ1) is 10.1. The van der Waals surface area contributed by atoms with Crippen LogP contribution in [0.3, 0.4) is 0 Å². The van der Waals surface area contributed by atoms with Gasteiger partial charge in [0.25, 0.3) is 0 Å². The minimum absolute atomic E-state index is 0.444. The van der Waals surface area contributed by atoms with Gasteiger partial charge in [0, 0.05) is 13.1 Å². The van der Waals surface area contributed by atoms with Crippen LogP contribution >= 0.6 is 0 Å². The van der Waals surface area contributed by atoms with Crippen molar-refractivity contribution >= 4 is 6.09 Å². The lowest BCUT2D eigenvalue weighted by Crippen LogP contribution is -2.27. The molecular weight excluding hydrogens is 264 g/mol. The number of carbonyl (C=O) groups excluding carboxylic acids is 1. The Kier molecular flexibility index (Phi) is 5.35. The molecule has 0 radical (unpaired) electrons. The second-order valence-corrected chi connectivity index (χ2v) is 5.06. The highest BCUT2D eigenvalue weighted by Crippen LogP contribution is 2.11. The van der Waals surface area contributed by atoms with E-state index in [4.69, 9.17) is 4.74 Å². The van der Waals surface area contributed by atoms with Gasteiger partial charge in [0.1, 0.15) is 5.75 Å². The molecule has 0 fully saturated rings. The number of nitrogens with zero attached hydrogens (tertiary/aromatic N) is 1. The molecule has 1 N–H and O–H groups in total. The lowest BCUT2D eigenvalue weighted by Gasteiger charge is -2.14. The van der Waals surface area contributed by atoms with Crippen molar-refractivity contribution in [2.24, 2.45) is 0 Å². The number of rotatable bonds is 5. The quantitative estimate of drug-likeness (QED) is 0.917. The number of benzene rings is 2. The summed E-state index contributed by atoms with van der Waals surface area (Å²) >= 11 is 0. The van der Waals surface area contributed by atoms with Crippen LogP contribution in [-0.2, 0) is 13.1 Å². The fourth-order valence-corrected chi connectivity index (χ4v) is 2.02. The molecule has 2 aromatic rings. The Hall–Kier alpha value is -2.33. The van der Waals surface area contributed by atoms with E-state index in [2.05, 4.69) is 16.3 Å². The summed E-state index contributed by atoms with van der Waals surface area (Å²) in [5, 5.41) is 2.78. The van der Waals surface area contributed by atoms with Crippen LogP contribution in [0.2, 0.25) is 0 Å². The van der Waals surface area contributed by atoms with E-state index in [0.29, 0.717) is 12.3 Å². The van der Waals surface area contributed by atoms with Crippen molar-refractivity contribution in [2.75, 3.05) is 14.1 Å². The van der Waals surface area contributed by atoms with E-state index in [1.165, 1.54) is 5.56 Å². The third-order valence-electron chi connectivity index (χ3n) is 2.98. The highest BCUT2D eigenvalue weighted by Gasteiger charge is 2.07. The van der Waals surface area contributed by atoms with Crippen LogP contribution in [0.25, 0.3) is 0 Å². The van der Waals surface area contributed by atoms with Crippen molar-refractivity contribution < 1.29 is 9.53 Å². The first-order valence-corrected chi connectivity index (χ1v) is 6.87. The summed E-state index contributed by atoms with van der Waals surface area (Å²) in [5.41, 5.74) is 2.29. The molecule has 1 amide bonds. The minimum atomic E-state index is -0.444. The van der Waals surface area contributed by atoms with E-state index in [-0.39, 0.29) is 0 Å². The molecule has 0 bridgehead atoms. The predicted molar refractivity (Wildman–Crippen MR) is 83.1 cm³/mol. The standard InChI is InChI=1S/C17H20N2O2/c1-19(2)13-15-9-7-6-8-14(15)12-18-17(20)21-16-10-4-3-5-11-16/h3-11H,12-13H2,1-2H3,(H,18,20). The first-order valence-electron chi connectivity index (χ1n) is 6.87. The first kappa shape index (κ1) is 15.1. The van der Waals surface area contributed by atoms with Crippen molar-refractivity contribution in [3.63, 3.8) is 0 Å². The van der Waals surface area contributed by atoms with Crippen LogP contribution < -0.4 is 10.1 Å². The summed E-state index contributed by atoms with van der Waals surface area (Å²) < 4.78 is 5.20. The Morgan fingerprint density at radius 2 is 1.62 bits per heavy atom. The zero-order chi connectivity index (χ0) is 15.1. The lowest BCUT2D eigenvalue weighted by molar-refractivity contribution is 0.200. The van der Waals surface area contributed by atoms with Crippen LogP contribution in [0.5, 0.6) is 5.75 Å². The molecule has 4 heteroatoms. The second-order valence-electron chi connectivity index (χ2n) is 5.06. The van der Waals surface area contributed by atoms with Gasteiger partial charge in [-0.05, 0) is 37.4 Å². The van der Waals surface area contributed by atoms with Gasteiger partial charge in [0.2, 0.25) is 0 Å². The molecule has 0 unspecified atom stereocenters. The summed E-state index contributed by atoms with van der Waals surface area (Å²) in [4.78, 5) is 13.9. The van der Waals surface area contributed by atoms with Gasteiger partial charge < -0.3 is 15.0 Å². The van der Waals surface area contributed by atoms with Crippen molar-refractivity contribution in [1.82, 2.24) is 10.2 Å². The van der Waals surface area contributed by atoms with Gasteiger partial charge in [-0.1, -0.05) is 42.5 Å². The molecule has 2 aromatic carbocycles. The second kappa shape index (κ2) is 7.45. The number of ether oxygens (including phenoxy) is 1. The van der Waals surface area contributed by atoms with Crippen molar-refractivity contribution in [2.45, 2.75) is 13.1 Å². The molecule has 0 aliphatic rings. The Balaban J connectivity index is 1.92. The van der Waals surface area contributed by atoms with Gasteiger partial charge in [-0.3, -0.25) is 0 Å². The van der Waals surface area contributed by atoms with E-state index < -0.39 is 6.09 Å². The summed E-state index contributed by atoms with van der Waals surface area (Å²) in [6.45, 7) is 1.29. The van der Waals surface area contributed by atoms with E-state index in [0.717, 1.165) is 12.1 Å². The van der Waals surface area contributed by atoms with Crippen LogP contribution in [0, 0.1) is 0 Å². The largest absolute Gasteiger partial charge is 0.412 e. The molecule has 0 saturated carbocycles. The van der Waals surface area contributed by atoms with Crippen LogP contribution in [0.4, 0.5) is 4.79 Å². The van der Waals surface area contributed by atoms with Gasteiger partial charge in [-0.25, -0.2) is 4.79 Å². The smallest absolute Gasteiger partial charge is 0.410 e. The van der Waals surface area contributed by atoms with E-state index >= 15 is 0 Å².